The van der Waals surface area contributed by atoms with Gasteiger partial charge in [-0.1, -0.05) is 60.7 Å². The molecule has 0 saturated heterocycles. The number of ether oxygens (including phenoxy) is 2. The van der Waals surface area contributed by atoms with Crippen molar-refractivity contribution in [2.45, 2.75) is 13.2 Å². The lowest BCUT2D eigenvalue weighted by atomic mass is 10.2. The van der Waals surface area contributed by atoms with E-state index >= 15 is 0 Å². The zero-order valence-corrected chi connectivity index (χ0v) is 18.8. The number of carbonyl (C=O) groups is 2. The van der Waals surface area contributed by atoms with Crippen molar-refractivity contribution in [3.8, 4) is 11.5 Å². The van der Waals surface area contributed by atoms with Gasteiger partial charge in [-0.25, -0.2) is 17.6 Å². The summed E-state index contributed by atoms with van der Waals surface area (Å²) in [5.41, 5.74) is 1.31. The van der Waals surface area contributed by atoms with Gasteiger partial charge in [0, 0.05) is 5.56 Å². The molecule has 4 aromatic carbocycles. The summed E-state index contributed by atoms with van der Waals surface area (Å²) in [7, 11) is 0. The molecule has 0 fully saturated rings. The Morgan fingerprint density at radius 1 is 0.583 bits per heavy atom. The van der Waals surface area contributed by atoms with Crippen LogP contribution in [0.2, 0.25) is 0 Å². The maximum absolute atomic E-state index is 13.6. The van der Waals surface area contributed by atoms with Gasteiger partial charge in [-0.3, -0.25) is 9.59 Å². The SMILES string of the molecule is O=Cc1cc(F)c(OCc2ccccc2)c(F)c1.O=Cc1ccc(F)c(OCc2ccccc2)c1F. The van der Waals surface area contributed by atoms with E-state index in [0.717, 1.165) is 35.4 Å². The first-order valence-electron chi connectivity index (χ1n) is 10.6. The van der Waals surface area contributed by atoms with Crippen molar-refractivity contribution in [3.63, 3.8) is 0 Å². The molecular formula is C28H20F4O4. The zero-order chi connectivity index (χ0) is 25.9. The van der Waals surface area contributed by atoms with Crippen LogP contribution in [0.1, 0.15) is 31.8 Å². The monoisotopic (exact) mass is 496 g/mol. The van der Waals surface area contributed by atoms with Gasteiger partial charge >= 0.3 is 0 Å². The number of rotatable bonds is 8. The van der Waals surface area contributed by atoms with Crippen LogP contribution in [-0.4, -0.2) is 12.6 Å². The first kappa shape index (κ1) is 26.2. The fourth-order valence-electron chi connectivity index (χ4n) is 3.02. The van der Waals surface area contributed by atoms with Crippen LogP contribution in [0.5, 0.6) is 11.5 Å². The Bertz CT molecular complexity index is 1290. The smallest absolute Gasteiger partial charge is 0.191 e. The number of benzene rings is 4. The van der Waals surface area contributed by atoms with Crippen molar-refractivity contribution in [1.82, 2.24) is 0 Å². The molecule has 0 aliphatic heterocycles. The Morgan fingerprint density at radius 3 is 1.56 bits per heavy atom. The minimum Gasteiger partial charge on any atom is -0.483 e. The van der Waals surface area contributed by atoms with Gasteiger partial charge in [-0.05, 0) is 35.4 Å². The van der Waals surface area contributed by atoms with Crippen molar-refractivity contribution in [1.29, 1.82) is 0 Å². The van der Waals surface area contributed by atoms with Gasteiger partial charge in [0.1, 0.15) is 19.5 Å². The van der Waals surface area contributed by atoms with Crippen LogP contribution in [0.4, 0.5) is 17.6 Å². The first-order chi connectivity index (χ1) is 17.4. The predicted molar refractivity (Wildman–Crippen MR) is 125 cm³/mol. The Hall–Kier alpha value is -4.46. The summed E-state index contributed by atoms with van der Waals surface area (Å²) in [6, 6.07) is 22.0. The van der Waals surface area contributed by atoms with E-state index in [4.69, 9.17) is 9.47 Å². The molecule has 0 saturated carbocycles. The second-order valence-electron chi connectivity index (χ2n) is 7.38. The molecule has 0 bridgehead atoms. The van der Waals surface area contributed by atoms with E-state index in [1.165, 1.54) is 0 Å². The Morgan fingerprint density at radius 2 is 1.08 bits per heavy atom. The van der Waals surface area contributed by atoms with Crippen LogP contribution in [0.15, 0.2) is 84.9 Å². The summed E-state index contributed by atoms with van der Waals surface area (Å²) in [6.07, 6.45) is 0.706. The Labute approximate surface area is 204 Å². The second-order valence-corrected chi connectivity index (χ2v) is 7.38. The zero-order valence-electron chi connectivity index (χ0n) is 18.8. The van der Waals surface area contributed by atoms with Crippen LogP contribution in [0.25, 0.3) is 0 Å². The highest BCUT2D eigenvalue weighted by Crippen LogP contribution is 2.25. The van der Waals surface area contributed by atoms with Gasteiger partial charge < -0.3 is 9.47 Å². The molecule has 0 aliphatic rings. The molecule has 0 aromatic heterocycles. The van der Waals surface area contributed by atoms with E-state index < -0.39 is 34.8 Å². The third-order valence-electron chi connectivity index (χ3n) is 4.81. The maximum Gasteiger partial charge on any atom is 0.191 e. The van der Waals surface area contributed by atoms with E-state index in [0.29, 0.717) is 12.6 Å². The van der Waals surface area contributed by atoms with Gasteiger partial charge in [0.15, 0.2) is 41.1 Å². The fraction of sp³-hybridized carbons (Fsp3) is 0.0714. The summed E-state index contributed by atoms with van der Waals surface area (Å²) >= 11 is 0. The summed E-state index contributed by atoms with van der Waals surface area (Å²) < 4.78 is 64.2. The molecule has 0 atom stereocenters. The largest absolute Gasteiger partial charge is 0.483 e. The normalized spacial score (nSPS) is 10.1. The predicted octanol–water partition coefficient (Wildman–Crippen LogP) is 6.71. The van der Waals surface area contributed by atoms with Gasteiger partial charge in [0.2, 0.25) is 0 Å². The summed E-state index contributed by atoms with van der Waals surface area (Å²) in [6.45, 7) is 0.103. The number of aldehydes is 2. The van der Waals surface area contributed by atoms with Crippen molar-refractivity contribution >= 4 is 12.6 Å². The molecule has 4 nitrogen and oxygen atoms in total. The minimum absolute atomic E-state index is 0.0387. The first-order valence-corrected chi connectivity index (χ1v) is 10.6. The summed E-state index contributed by atoms with van der Waals surface area (Å²) in [5, 5.41) is 0. The quantitative estimate of drug-likeness (QED) is 0.201. The van der Waals surface area contributed by atoms with Crippen LogP contribution in [-0.2, 0) is 13.2 Å². The third kappa shape index (κ3) is 7.02. The molecule has 4 rings (SSSR count). The average molecular weight is 496 g/mol. The van der Waals surface area contributed by atoms with Crippen LogP contribution >= 0.6 is 0 Å². The molecule has 0 radical (unpaired) electrons. The van der Waals surface area contributed by atoms with Gasteiger partial charge in [0.25, 0.3) is 0 Å². The lowest BCUT2D eigenvalue weighted by Gasteiger charge is -2.09. The van der Waals surface area contributed by atoms with Gasteiger partial charge in [-0.2, -0.15) is 0 Å². The molecule has 0 amide bonds. The van der Waals surface area contributed by atoms with Crippen molar-refractivity contribution < 1.29 is 36.6 Å². The highest BCUT2D eigenvalue weighted by Gasteiger charge is 2.15. The van der Waals surface area contributed by atoms with Crippen LogP contribution < -0.4 is 9.47 Å². The molecule has 0 heterocycles. The standard InChI is InChI=1S/2C14H10F2O2/c15-12-6-11(8-17)7-13(16)14(12)18-9-10-4-2-1-3-5-10;15-12-7-6-11(8-17)13(16)14(12)18-9-10-4-2-1-3-5-10/h2*1-8H,9H2. The summed E-state index contributed by atoms with van der Waals surface area (Å²) in [4.78, 5) is 21.0. The maximum atomic E-state index is 13.6. The molecule has 0 spiro atoms. The number of halogens is 4. The molecule has 0 N–H and O–H groups in total. The van der Waals surface area contributed by atoms with E-state index in [1.807, 2.05) is 12.1 Å². The molecule has 0 aliphatic carbocycles. The van der Waals surface area contributed by atoms with Crippen molar-refractivity contribution in [2.24, 2.45) is 0 Å². The fourth-order valence-corrected chi connectivity index (χ4v) is 3.02. The summed E-state index contributed by atoms with van der Waals surface area (Å²) in [5.74, 6) is -4.55. The Balaban J connectivity index is 0.000000201. The number of carbonyl (C=O) groups excluding carboxylic acids is 2. The molecule has 8 heteroatoms. The molecule has 36 heavy (non-hydrogen) atoms. The van der Waals surface area contributed by atoms with E-state index in [1.54, 1.807) is 48.5 Å². The lowest BCUT2D eigenvalue weighted by Crippen LogP contribution is -2.02. The molecule has 184 valence electrons. The Kier molecular flexibility index (Phi) is 9.33. The van der Waals surface area contributed by atoms with E-state index in [2.05, 4.69) is 0 Å². The minimum atomic E-state index is -0.971. The highest BCUT2D eigenvalue weighted by atomic mass is 19.1. The topological polar surface area (TPSA) is 52.6 Å². The third-order valence-corrected chi connectivity index (χ3v) is 4.81. The van der Waals surface area contributed by atoms with Crippen LogP contribution in [0.3, 0.4) is 0 Å². The van der Waals surface area contributed by atoms with Gasteiger partial charge in [-0.15, -0.1) is 0 Å². The highest BCUT2D eigenvalue weighted by molar-refractivity contribution is 5.76. The lowest BCUT2D eigenvalue weighted by molar-refractivity contribution is 0.111. The number of hydrogen-bond donors (Lipinski definition) is 0. The number of hydrogen-bond acceptors (Lipinski definition) is 4. The van der Waals surface area contributed by atoms with E-state index in [9.17, 15) is 27.2 Å². The molecule has 4 aromatic rings. The molecule has 0 unspecified atom stereocenters. The van der Waals surface area contributed by atoms with Crippen molar-refractivity contribution in [2.75, 3.05) is 0 Å². The average Bonchev–Trinajstić information content (AvgIpc) is 2.89. The van der Waals surface area contributed by atoms with Crippen LogP contribution in [0, 0.1) is 23.3 Å². The van der Waals surface area contributed by atoms with Crippen molar-refractivity contribution in [3.05, 3.63) is 130 Å². The van der Waals surface area contributed by atoms with E-state index in [-0.39, 0.29) is 24.3 Å². The van der Waals surface area contributed by atoms with Gasteiger partial charge in [0.05, 0.1) is 5.56 Å². The molecular weight excluding hydrogens is 476 g/mol. The second kappa shape index (κ2) is 12.9.